The van der Waals surface area contributed by atoms with E-state index in [1.54, 1.807) is 7.11 Å². The van der Waals surface area contributed by atoms with E-state index in [-0.39, 0.29) is 12.6 Å². The van der Waals surface area contributed by atoms with E-state index in [4.69, 9.17) is 14.5 Å². The van der Waals surface area contributed by atoms with Crippen molar-refractivity contribution in [3.8, 4) is 5.75 Å². The van der Waals surface area contributed by atoms with E-state index in [2.05, 4.69) is 9.88 Å². The van der Waals surface area contributed by atoms with Gasteiger partial charge in [0.25, 0.3) is 0 Å². The molecular weight excluding hydrogens is 402 g/mol. The first kappa shape index (κ1) is 19.9. The predicted octanol–water partition coefficient (Wildman–Crippen LogP) is 5.03. The van der Waals surface area contributed by atoms with Gasteiger partial charge in [0, 0.05) is 0 Å². The largest absolute Gasteiger partial charge is 0.497 e. The van der Waals surface area contributed by atoms with E-state index in [1.165, 1.54) is 0 Å². The van der Waals surface area contributed by atoms with Crippen LogP contribution in [-0.2, 0) is 9.53 Å². The molecule has 6 heteroatoms. The second kappa shape index (κ2) is 8.23. The molecule has 1 aromatic heterocycles. The SMILES string of the molecule is CCOC(=O)C1=C(c2ccccc2)Nc2nc3ccccc3n2[C@@H]1c1cccc(OC)c1. The molecule has 3 aromatic carbocycles. The molecule has 160 valence electrons. The first-order valence-electron chi connectivity index (χ1n) is 10.6. The normalized spacial score (nSPS) is 15.2. The van der Waals surface area contributed by atoms with Crippen LogP contribution in [0.2, 0.25) is 0 Å². The number of carbonyl (C=O) groups excluding carboxylic acids is 1. The van der Waals surface area contributed by atoms with Gasteiger partial charge in [0.2, 0.25) is 5.95 Å². The highest BCUT2D eigenvalue weighted by atomic mass is 16.5. The van der Waals surface area contributed by atoms with Gasteiger partial charge in [0.1, 0.15) is 5.75 Å². The van der Waals surface area contributed by atoms with Crippen LogP contribution in [0.1, 0.15) is 24.1 Å². The minimum atomic E-state index is -0.442. The number of para-hydroxylation sites is 2. The zero-order valence-electron chi connectivity index (χ0n) is 17.9. The lowest BCUT2D eigenvalue weighted by Crippen LogP contribution is -2.29. The number of imidazole rings is 1. The van der Waals surface area contributed by atoms with Crippen LogP contribution in [0.15, 0.2) is 84.4 Å². The maximum Gasteiger partial charge on any atom is 0.338 e. The van der Waals surface area contributed by atoms with Gasteiger partial charge < -0.3 is 14.8 Å². The number of hydrogen-bond donors (Lipinski definition) is 1. The molecule has 0 bridgehead atoms. The van der Waals surface area contributed by atoms with E-state index in [0.29, 0.717) is 17.2 Å². The van der Waals surface area contributed by atoms with E-state index < -0.39 is 6.04 Å². The molecule has 32 heavy (non-hydrogen) atoms. The zero-order valence-corrected chi connectivity index (χ0v) is 17.9. The summed E-state index contributed by atoms with van der Waals surface area (Å²) in [6.07, 6.45) is 0. The number of nitrogens with one attached hydrogen (secondary N) is 1. The molecule has 0 fully saturated rings. The van der Waals surface area contributed by atoms with Crippen molar-refractivity contribution in [2.75, 3.05) is 19.0 Å². The topological polar surface area (TPSA) is 65.4 Å². The zero-order chi connectivity index (χ0) is 22.1. The van der Waals surface area contributed by atoms with Gasteiger partial charge in [0.05, 0.1) is 42.1 Å². The molecule has 0 radical (unpaired) electrons. The molecular formula is C26H23N3O3. The Bertz CT molecular complexity index is 1320. The van der Waals surface area contributed by atoms with Crippen LogP contribution in [0.25, 0.3) is 16.7 Å². The number of nitrogens with zero attached hydrogens (tertiary/aromatic N) is 2. The molecule has 0 amide bonds. The molecule has 1 N–H and O–H groups in total. The maximum atomic E-state index is 13.4. The number of carbonyl (C=O) groups is 1. The Kier molecular flexibility index (Phi) is 5.11. The van der Waals surface area contributed by atoms with Gasteiger partial charge in [-0.3, -0.25) is 4.57 Å². The van der Waals surface area contributed by atoms with E-state index in [0.717, 1.165) is 27.9 Å². The summed E-state index contributed by atoms with van der Waals surface area (Å²) in [6, 6.07) is 25.0. The molecule has 4 aromatic rings. The van der Waals surface area contributed by atoms with Crippen LogP contribution in [0.4, 0.5) is 5.95 Å². The molecule has 1 atom stereocenters. The van der Waals surface area contributed by atoms with Gasteiger partial charge in [0.15, 0.2) is 0 Å². The Morgan fingerprint density at radius 2 is 1.81 bits per heavy atom. The van der Waals surface area contributed by atoms with Crippen LogP contribution in [-0.4, -0.2) is 29.2 Å². The number of methoxy groups -OCH3 is 1. The summed E-state index contributed by atoms with van der Waals surface area (Å²) < 4.78 is 13.1. The molecule has 0 saturated heterocycles. The van der Waals surface area contributed by atoms with Crippen molar-refractivity contribution in [3.63, 3.8) is 0 Å². The highest BCUT2D eigenvalue weighted by Crippen LogP contribution is 2.42. The van der Waals surface area contributed by atoms with Gasteiger partial charge >= 0.3 is 5.97 Å². The van der Waals surface area contributed by atoms with Crippen LogP contribution >= 0.6 is 0 Å². The standard InChI is InChI=1S/C26H23N3O3/c1-3-32-25(30)22-23(17-10-5-4-6-11-17)28-26-27-20-14-7-8-15-21(20)29(26)24(22)18-12-9-13-19(16-18)31-2/h4-16,24H,3H2,1-2H3,(H,27,28)/t24-/m1/s1. The van der Waals surface area contributed by atoms with Crippen molar-refractivity contribution in [1.82, 2.24) is 9.55 Å². The van der Waals surface area contributed by atoms with Crippen LogP contribution in [0, 0.1) is 0 Å². The highest BCUT2D eigenvalue weighted by Gasteiger charge is 2.36. The molecule has 2 heterocycles. The van der Waals surface area contributed by atoms with Gasteiger partial charge in [-0.05, 0) is 42.3 Å². The number of hydrogen-bond acceptors (Lipinski definition) is 5. The number of fused-ring (bicyclic) bond motifs is 3. The summed E-state index contributed by atoms with van der Waals surface area (Å²) in [5.74, 6) is 1.03. The monoisotopic (exact) mass is 425 g/mol. The minimum absolute atomic E-state index is 0.284. The fourth-order valence-corrected chi connectivity index (χ4v) is 4.22. The van der Waals surface area contributed by atoms with Crippen molar-refractivity contribution in [2.45, 2.75) is 13.0 Å². The lowest BCUT2D eigenvalue weighted by Gasteiger charge is -2.31. The summed E-state index contributed by atoms with van der Waals surface area (Å²) in [5.41, 5.74) is 4.80. The number of anilines is 1. The molecule has 5 rings (SSSR count). The average Bonchev–Trinajstić information content (AvgIpc) is 3.22. The van der Waals surface area contributed by atoms with Crippen molar-refractivity contribution in [2.24, 2.45) is 0 Å². The first-order valence-corrected chi connectivity index (χ1v) is 10.6. The average molecular weight is 425 g/mol. The Hall–Kier alpha value is -4.06. The number of esters is 1. The van der Waals surface area contributed by atoms with Gasteiger partial charge in [-0.15, -0.1) is 0 Å². The Morgan fingerprint density at radius 1 is 1.03 bits per heavy atom. The summed E-state index contributed by atoms with van der Waals surface area (Å²) in [5, 5.41) is 3.42. The molecule has 6 nitrogen and oxygen atoms in total. The van der Waals surface area contributed by atoms with E-state index in [1.807, 2.05) is 85.8 Å². The van der Waals surface area contributed by atoms with Crippen molar-refractivity contribution in [1.29, 1.82) is 0 Å². The van der Waals surface area contributed by atoms with Crippen LogP contribution < -0.4 is 10.1 Å². The van der Waals surface area contributed by atoms with Gasteiger partial charge in [-0.2, -0.15) is 0 Å². The summed E-state index contributed by atoms with van der Waals surface area (Å²) >= 11 is 0. The first-order chi connectivity index (χ1) is 15.7. The van der Waals surface area contributed by atoms with E-state index >= 15 is 0 Å². The lowest BCUT2D eigenvalue weighted by atomic mass is 9.92. The third-order valence-electron chi connectivity index (χ3n) is 5.60. The highest BCUT2D eigenvalue weighted by molar-refractivity contribution is 6.03. The van der Waals surface area contributed by atoms with Crippen molar-refractivity contribution >= 4 is 28.6 Å². The predicted molar refractivity (Wildman–Crippen MR) is 124 cm³/mol. The van der Waals surface area contributed by atoms with Gasteiger partial charge in [-0.1, -0.05) is 54.6 Å². The third kappa shape index (κ3) is 3.30. The molecule has 0 spiro atoms. The summed E-state index contributed by atoms with van der Waals surface area (Å²) in [4.78, 5) is 18.2. The fraction of sp³-hybridized carbons (Fsp3) is 0.154. The third-order valence-corrected chi connectivity index (χ3v) is 5.60. The number of benzene rings is 3. The molecule has 0 saturated carbocycles. The Morgan fingerprint density at radius 3 is 2.59 bits per heavy atom. The minimum Gasteiger partial charge on any atom is -0.497 e. The second-order valence-corrected chi connectivity index (χ2v) is 7.47. The Labute approximate surface area is 186 Å². The van der Waals surface area contributed by atoms with Gasteiger partial charge in [-0.25, -0.2) is 9.78 Å². The lowest BCUT2D eigenvalue weighted by molar-refractivity contribution is -0.138. The van der Waals surface area contributed by atoms with Crippen molar-refractivity contribution < 1.29 is 14.3 Å². The summed E-state index contributed by atoms with van der Waals surface area (Å²) in [7, 11) is 1.64. The Balaban J connectivity index is 1.83. The molecule has 1 aliphatic rings. The number of ether oxygens (including phenoxy) is 2. The second-order valence-electron chi connectivity index (χ2n) is 7.47. The molecule has 0 aliphatic carbocycles. The molecule has 1 aliphatic heterocycles. The van der Waals surface area contributed by atoms with E-state index in [9.17, 15) is 4.79 Å². The number of rotatable bonds is 5. The van der Waals surface area contributed by atoms with Crippen molar-refractivity contribution in [3.05, 3.63) is 95.6 Å². The quantitative estimate of drug-likeness (QED) is 0.454. The van der Waals surface area contributed by atoms with Crippen LogP contribution in [0.3, 0.4) is 0 Å². The maximum absolute atomic E-state index is 13.4. The fourth-order valence-electron chi connectivity index (χ4n) is 4.22. The summed E-state index contributed by atoms with van der Waals surface area (Å²) in [6.45, 7) is 2.10. The van der Waals surface area contributed by atoms with Crippen LogP contribution in [0.5, 0.6) is 5.75 Å². The smallest absolute Gasteiger partial charge is 0.338 e. The number of aromatic nitrogens is 2. The molecule has 0 unspecified atom stereocenters.